The molecule has 38 heavy (non-hydrogen) atoms. The van der Waals surface area contributed by atoms with Crippen molar-refractivity contribution in [2.75, 3.05) is 18.0 Å². The van der Waals surface area contributed by atoms with Gasteiger partial charge in [-0.15, -0.1) is 0 Å². The van der Waals surface area contributed by atoms with Crippen LogP contribution in [0.25, 0.3) is 4.13 Å². The van der Waals surface area contributed by atoms with E-state index in [1.165, 1.54) is 18.7 Å². The van der Waals surface area contributed by atoms with Crippen molar-refractivity contribution in [1.29, 1.82) is 0 Å². The van der Waals surface area contributed by atoms with Crippen LogP contribution in [0.4, 0.5) is 27.6 Å². The zero-order valence-electron chi connectivity index (χ0n) is 20.9. The standard InChI is InChI=1S/C23H30F5N2O6S2/c1-15(2)35-20-17(24)19(30-13-9-6-10-14-30)18(25)21(36-16-11-7-4-3-5-8-12-16)22(20)37(31,32)29-38(33,34)23(26,27)28/h3-4,15-16H,5-14H2,1-2H3/q-1/b4-3-. The summed E-state index contributed by atoms with van der Waals surface area (Å²) in [6, 6.07) is 0. The van der Waals surface area contributed by atoms with Gasteiger partial charge in [-0.1, -0.05) is 12.2 Å². The van der Waals surface area contributed by atoms with Crippen molar-refractivity contribution in [1.82, 2.24) is 0 Å². The Morgan fingerprint density at radius 2 is 1.53 bits per heavy atom. The zero-order valence-corrected chi connectivity index (χ0v) is 22.6. The molecule has 0 saturated carbocycles. The summed E-state index contributed by atoms with van der Waals surface area (Å²) in [4.78, 5) is -0.192. The molecule has 3 rings (SSSR count). The molecule has 0 spiro atoms. The van der Waals surface area contributed by atoms with Crippen LogP contribution >= 0.6 is 0 Å². The number of hydrogen-bond donors (Lipinski definition) is 0. The molecule has 1 aromatic rings. The maximum atomic E-state index is 16.1. The predicted molar refractivity (Wildman–Crippen MR) is 130 cm³/mol. The Kier molecular flexibility index (Phi) is 9.56. The van der Waals surface area contributed by atoms with Crippen LogP contribution in [0, 0.1) is 11.6 Å². The van der Waals surface area contributed by atoms with Crippen LogP contribution in [0.2, 0.25) is 0 Å². The van der Waals surface area contributed by atoms with Crippen LogP contribution in [0.15, 0.2) is 17.0 Å². The van der Waals surface area contributed by atoms with Crippen molar-refractivity contribution in [3.05, 3.63) is 27.9 Å². The largest absolute Gasteiger partial charge is 0.486 e. The molecule has 0 bridgehead atoms. The van der Waals surface area contributed by atoms with Gasteiger partial charge in [0.25, 0.3) is 0 Å². The van der Waals surface area contributed by atoms with Gasteiger partial charge in [-0.25, -0.2) is 25.6 Å². The highest BCUT2D eigenvalue weighted by atomic mass is 32.3. The third kappa shape index (κ3) is 6.89. The van der Waals surface area contributed by atoms with E-state index in [9.17, 15) is 30.0 Å². The average Bonchev–Trinajstić information content (AvgIpc) is 2.77. The maximum absolute atomic E-state index is 16.1. The molecular weight excluding hydrogens is 559 g/mol. The summed E-state index contributed by atoms with van der Waals surface area (Å²) in [6.45, 7) is 3.21. The first-order chi connectivity index (χ1) is 17.7. The Morgan fingerprint density at radius 3 is 2.13 bits per heavy atom. The Morgan fingerprint density at radius 1 is 0.921 bits per heavy atom. The van der Waals surface area contributed by atoms with Gasteiger partial charge in [0.1, 0.15) is 20.6 Å². The molecular formula is C23H30F5N2O6S2-. The van der Waals surface area contributed by atoms with Gasteiger partial charge in [0.15, 0.2) is 33.2 Å². The van der Waals surface area contributed by atoms with Gasteiger partial charge in [-0.05, 0) is 65.2 Å². The van der Waals surface area contributed by atoms with Gasteiger partial charge in [-0.2, -0.15) is 13.2 Å². The second-order valence-electron chi connectivity index (χ2n) is 9.37. The molecule has 0 aromatic heterocycles. The second kappa shape index (κ2) is 11.9. The molecule has 15 heteroatoms. The summed E-state index contributed by atoms with van der Waals surface area (Å²) < 4.78 is 134. The van der Waals surface area contributed by atoms with Gasteiger partial charge in [0.05, 0.1) is 12.2 Å². The van der Waals surface area contributed by atoms with E-state index in [4.69, 9.17) is 9.47 Å². The first-order valence-electron chi connectivity index (χ1n) is 12.2. The molecule has 0 radical (unpaired) electrons. The number of nitrogens with zero attached hydrogens (tertiary/aromatic N) is 2. The predicted octanol–water partition coefficient (Wildman–Crippen LogP) is 5.92. The minimum absolute atomic E-state index is 0.224. The number of hydrogen-bond acceptors (Lipinski definition) is 7. The fourth-order valence-corrected chi connectivity index (χ4v) is 6.72. The number of benzene rings is 1. The van der Waals surface area contributed by atoms with Crippen molar-refractivity contribution in [2.24, 2.45) is 0 Å². The van der Waals surface area contributed by atoms with Gasteiger partial charge < -0.3 is 18.5 Å². The van der Waals surface area contributed by atoms with Crippen LogP contribution in [-0.4, -0.2) is 47.6 Å². The molecule has 1 aromatic carbocycles. The van der Waals surface area contributed by atoms with Crippen LogP contribution in [-0.2, 0) is 20.0 Å². The number of ether oxygens (including phenoxy) is 2. The number of piperidine rings is 1. The summed E-state index contributed by atoms with van der Waals surface area (Å²) >= 11 is 0. The molecule has 0 amide bonds. The first-order valence-corrected chi connectivity index (χ1v) is 15.1. The van der Waals surface area contributed by atoms with Crippen LogP contribution < -0.4 is 14.4 Å². The van der Waals surface area contributed by atoms with E-state index in [0.717, 1.165) is 6.42 Å². The molecule has 1 aliphatic heterocycles. The Hall–Kier alpha value is -2.13. The molecule has 1 atom stereocenters. The topological polar surface area (TPSA) is 104 Å². The zero-order chi connectivity index (χ0) is 28.3. The van der Waals surface area contributed by atoms with E-state index in [2.05, 4.69) is 4.13 Å². The number of sulfonamides is 2. The lowest BCUT2D eigenvalue weighted by Crippen LogP contribution is -2.32. The van der Waals surface area contributed by atoms with E-state index in [1.54, 1.807) is 0 Å². The third-order valence-electron chi connectivity index (χ3n) is 6.00. The highest BCUT2D eigenvalue weighted by Gasteiger charge is 2.43. The minimum Gasteiger partial charge on any atom is -0.486 e. The SMILES string of the molecule is CC(C)Oc1c(F)c(N2CCCCC2)c(F)c(OC2CC/C=C\CCC2)c1S(=O)(=O)[N-]S(=O)(=O)C(F)(F)F. The lowest BCUT2D eigenvalue weighted by atomic mass is 10.0. The Balaban J connectivity index is 2.29. The lowest BCUT2D eigenvalue weighted by molar-refractivity contribution is -0.0425. The van der Waals surface area contributed by atoms with E-state index in [-0.39, 0.29) is 13.1 Å². The third-order valence-corrected chi connectivity index (χ3v) is 9.04. The van der Waals surface area contributed by atoms with E-state index < -0.39 is 71.5 Å². The van der Waals surface area contributed by atoms with Gasteiger partial charge in [0.2, 0.25) is 0 Å². The summed E-state index contributed by atoms with van der Waals surface area (Å²) in [5.74, 6) is -5.23. The molecule has 1 saturated heterocycles. The molecule has 1 aliphatic carbocycles. The maximum Gasteiger partial charge on any atom is 0.480 e. The summed E-state index contributed by atoms with van der Waals surface area (Å²) in [6.07, 6.45) is 6.39. The molecule has 1 unspecified atom stereocenters. The fourth-order valence-electron chi connectivity index (χ4n) is 4.31. The molecule has 2 aliphatic rings. The van der Waals surface area contributed by atoms with Gasteiger partial charge in [0, 0.05) is 13.1 Å². The van der Waals surface area contributed by atoms with Gasteiger partial charge >= 0.3 is 5.51 Å². The van der Waals surface area contributed by atoms with E-state index in [0.29, 0.717) is 44.9 Å². The summed E-state index contributed by atoms with van der Waals surface area (Å²) in [7, 11) is -12.5. The molecule has 8 nitrogen and oxygen atoms in total. The average molecular weight is 590 g/mol. The van der Waals surface area contributed by atoms with E-state index >= 15 is 8.78 Å². The van der Waals surface area contributed by atoms with Crippen molar-refractivity contribution in [2.45, 2.75) is 87.8 Å². The second-order valence-corrected chi connectivity index (χ2v) is 12.7. The molecule has 1 heterocycles. The highest BCUT2D eigenvalue weighted by Crippen LogP contribution is 2.48. The number of anilines is 1. The highest BCUT2D eigenvalue weighted by molar-refractivity contribution is 8.12. The monoisotopic (exact) mass is 589 g/mol. The Labute approximate surface area is 219 Å². The smallest absolute Gasteiger partial charge is 0.480 e. The number of allylic oxidation sites excluding steroid dienone is 2. The quantitative estimate of drug-likeness (QED) is 0.274. The van der Waals surface area contributed by atoms with Gasteiger partial charge in [-0.3, -0.25) is 0 Å². The molecule has 1 fully saturated rings. The molecule has 0 N–H and O–H groups in total. The summed E-state index contributed by atoms with van der Waals surface area (Å²) in [5.41, 5.74) is -6.73. The lowest BCUT2D eigenvalue weighted by Gasteiger charge is -2.33. The number of rotatable bonds is 8. The van der Waals surface area contributed by atoms with Crippen LogP contribution in [0.1, 0.15) is 65.2 Å². The first kappa shape index (κ1) is 30.4. The van der Waals surface area contributed by atoms with Crippen molar-refractivity contribution in [3.63, 3.8) is 0 Å². The Bertz CT molecular complexity index is 1240. The van der Waals surface area contributed by atoms with Crippen molar-refractivity contribution in [3.8, 4) is 11.5 Å². The van der Waals surface area contributed by atoms with Crippen LogP contribution in [0.5, 0.6) is 11.5 Å². The minimum atomic E-state index is -6.60. The number of alkyl halides is 3. The molecule has 216 valence electrons. The summed E-state index contributed by atoms with van der Waals surface area (Å²) in [5, 5.41) is 0. The van der Waals surface area contributed by atoms with Crippen LogP contribution in [0.3, 0.4) is 0 Å². The fraction of sp³-hybridized carbons (Fsp3) is 0.652. The van der Waals surface area contributed by atoms with Crippen molar-refractivity contribution >= 4 is 25.7 Å². The normalized spacial score (nSPS) is 20.6. The number of halogens is 5. The van der Waals surface area contributed by atoms with Crippen molar-refractivity contribution < 1.29 is 48.3 Å². The van der Waals surface area contributed by atoms with E-state index in [1.807, 2.05) is 12.2 Å².